The van der Waals surface area contributed by atoms with Crippen molar-refractivity contribution >= 4 is 39.7 Å². The van der Waals surface area contributed by atoms with Crippen LogP contribution in [0.2, 0.25) is 5.02 Å². The standard InChI is InChI=1S/C16H14BrClN2O2/c1-11-3-2-4-12(7-11)9-19-20-16(21)10-22-15-6-5-13(18)8-14(15)17/h2-9H,10H2,1H3,(H,20,21). The van der Waals surface area contributed by atoms with Crippen LogP contribution >= 0.6 is 27.5 Å². The summed E-state index contributed by atoms with van der Waals surface area (Å²) in [7, 11) is 0. The Balaban J connectivity index is 1.83. The minimum Gasteiger partial charge on any atom is -0.483 e. The molecule has 6 heteroatoms. The molecule has 0 saturated heterocycles. The lowest BCUT2D eigenvalue weighted by Gasteiger charge is -2.07. The maximum atomic E-state index is 11.7. The van der Waals surface area contributed by atoms with Gasteiger partial charge in [-0.2, -0.15) is 5.10 Å². The van der Waals surface area contributed by atoms with Crippen LogP contribution in [0.5, 0.6) is 5.75 Å². The van der Waals surface area contributed by atoms with Gasteiger partial charge >= 0.3 is 0 Å². The molecule has 0 heterocycles. The van der Waals surface area contributed by atoms with Crippen molar-refractivity contribution in [2.24, 2.45) is 5.10 Å². The van der Waals surface area contributed by atoms with E-state index in [1.54, 1.807) is 24.4 Å². The maximum absolute atomic E-state index is 11.7. The Labute approximate surface area is 142 Å². The highest BCUT2D eigenvalue weighted by molar-refractivity contribution is 9.10. The lowest BCUT2D eigenvalue weighted by Crippen LogP contribution is -2.24. The van der Waals surface area contributed by atoms with Gasteiger partial charge in [-0.1, -0.05) is 41.4 Å². The number of amides is 1. The fourth-order valence-corrected chi connectivity index (χ4v) is 2.49. The summed E-state index contributed by atoms with van der Waals surface area (Å²) in [5.41, 5.74) is 4.46. The lowest BCUT2D eigenvalue weighted by atomic mass is 10.2. The maximum Gasteiger partial charge on any atom is 0.277 e. The molecule has 0 atom stereocenters. The predicted molar refractivity (Wildman–Crippen MR) is 91.6 cm³/mol. The molecular weight excluding hydrogens is 368 g/mol. The van der Waals surface area contributed by atoms with Gasteiger partial charge in [0.25, 0.3) is 5.91 Å². The number of benzene rings is 2. The summed E-state index contributed by atoms with van der Waals surface area (Å²) in [6, 6.07) is 12.9. The second kappa shape index (κ2) is 7.96. The minimum atomic E-state index is -0.342. The quantitative estimate of drug-likeness (QED) is 0.630. The van der Waals surface area contributed by atoms with Crippen LogP contribution in [0.25, 0.3) is 0 Å². The Morgan fingerprint density at radius 2 is 2.18 bits per heavy atom. The van der Waals surface area contributed by atoms with Crippen LogP contribution < -0.4 is 10.2 Å². The van der Waals surface area contributed by atoms with Gasteiger partial charge in [-0.05, 0) is 46.6 Å². The number of nitrogens with zero attached hydrogens (tertiary/aromatic N) is 1. The first kappa shape index (κ1) is 16.5. The third-order valence-electron chi connectivity index (χ3n) is 2.70. The molecule has 0 aliphatic carbocycles. The van der Waals surface area contributed by atoms with E-state index in [0.717, 1.165) is 11.1 Å². The molecule has 1 amide bonds. The van der Waals surface area contributed by atoms with Gasteiger partial charge in [-0.15, -0.1) is 0 Å². The van der Waals surface area contributed by atoms with Gasteiger partial charge in [0.1, 0.15) is 5.75 Å². The molecule has 1 N–H and O–H groups in total. The van der Waals surface area contributed by atoms with E-state index in [1.807, 2.05) is 31.2 Å². The third-order valence-corrected chi connectivity index (χ3v) is 3.55. The number of rotatable bonds is 5. The van der Waals surface area contributed by atoms with Crippen LogP contribution in [0.3, 0.4) is 0 Å². The molecule has 0 unspecified atom stereocenters. The lowest BCUT2D eigenvalue weighted by molar-refractivity contribution is -0.123. The van der Waals surface area contributed by atoms with Gasteiger partial charge in [0, 0.05) is 5.02 Å². The molecule has 114 valence electrons. The van der Waals surface area contributed by atoms with E-state index in [4.69, 9.17) is 16.3 Å². The number of hydrazone groups is 1. The highest BCUT2D eigenvalue weighted by Crippen LogP contribution is 2.27. The van der Waals surface area contributed by atoms with Crippen LogP contribution in [0.1, 0.15) is 11.1 Å². The van der Waals surface area contributed by atoms with Crippen molar-refractivity contribution in [1.82, 2.24) is 5.43 Å². The van der Waals surface area contributed by atoms with Crippen molar-refractivity contribution < 1.29 is 9.53 Å². The van der Waals surface area contributed by atoms with Crippen LogP contribution in [0.15, 0.2) is 52.0 Å². The van der Waals surface area contributed by atoms with Crippen LogP contribution in [-0.2, 0) is 4.79 Å². The zero-order chi connectivity index (χ0) is 15.9. The molecule has 4 nitrogen and oxygen atoms in total. The topological polar surface area (TPSA) is 50.7 Å². The molecule has 0 fully saturated rings. The number of halogens is 2. The second-order valence-corrected chi connectivity index (χ2v) is 5.86. The zero-order valence-corrected chi connectivity index (χ0v) is 14.2. The number of aryl methyl sites for hydroxylation is 1. The molecule has 0 radical (unpaired) electrons. The Morgan fingerprint density at radius 1 is 1.36 bits per heavy atom. The molecule has 2 rings (SSSR count). The highest BCUT2D eigenvalue weighted by Gasteiger charge is 2.05. The van der Waals surface area contributed by atoms with E-state index in [0.29, 0.717) is 15.2 Å². The third kappa shape index (κ3) is 5.16. The number of ether oxygens (including phenoxy) is 1. The fraction of sp³-hybridized carbons (Fsp3) is 0.125. The number of hydrogen-bond donors (Lipinski definition) is 1. The van der Waals surface area contributed by atoms with Crippen molar-refractivity contribution in [3.63, 3.8) is 0 Å². The van der Waals surface area contributed by atoms with Gasteiger partial charge in [-0.3, -0.25) is 4.79 Å². The summed E-state index contributed by atoms with van der Waals surface area (Å²) in [5.74, 6) is 0.202. The highest BCUT2D eigenvalue weighted by atomic mass is 79.9. The first-order chi connectivity index (χ1) is 10.5. The second-order valence-electron chi connectivity index (χ2n) is 4.57. The first-order valence-corrected chi connectivity index (χ1v) is 7.68. The fourth-order valence-electron chi connectivity index (χ4n) is 1.70. The molecule has 2 aromatic rings. The van der Waals surface area contributed by atoms with Crippen molar-refractivity contribution in [2.45, 2.75) is 6.92 Å². The average Bonchev–Trinajstić information content (AvgIpc) is 2.46. The Hall–Kier alpha value is -1.85. The molecular formula is C16H14BrClN2O2. The van der Waals surface area contributed by atoms with Crippen molar-refractivity contribution in [3.8, 4) is 5.75 Å². The van der Waals surface area contributed by atoms with Gasteiger partial charge in [0.2, 0.25) is 0 Å². The Bertz CT molecular complexity index is 704. The monoisotopic (exact) mass is 380 g/mol. The number of carbonyl (C=O) groups is 1. The van der Waals surface area contributed by atoms with Gasteiger partial charge in [0.05, 0.1) is 10.7 Å². The first-order valence-electron chi connectivity index (χ1n) is 6.51. The van der Waals surface area contributed by atoms with E-state index in [1.165, 1.54) is 0 Å². The summed E-state index contributed by atoms with van der Waals surface area (Å²) in [6.07, 6.45) is 1.59. The van der Waals surface area contributed by atoms with Gasteiger partial charge in [-0.25, -0.2) is 5.43 Å². The van der Waals surface area contributed by atoms with E-state index in [2.05, 4.69) is 26.5 Å². The summed E-state index contributed by atoms with van der Waals surface area (Å²) >= 11 is 9.15. The molecule has 0 aliphatic heterocycles. The summed E-state index contributed by atoms with van der Waals surface area (Å²) < 4.78 is 6.07. The van der Waals surface area contributed by atoms with Crippen LogP contribution in [-0.4, -0.2) is 18.7 Å². The molecule has 0 spiro atoms. The average molecular weight is 382 g/mol. The molecule has 0 aliphatic rings. The van der Waals surface area contributed by atoms with Crippen LogP contribution in [0.4, 0.5) is 0 Å². The van der Waals surface area contributed by atoms with E-state index < -0.39 is 0 Å². The Morgan fingerprint density at radius 3 is 2.91 bits per heavy atom. The molecule has 2 aromatic carbocycles. The van der Waals surface area contributed by atoms with Gasteiger partial charge in [0.15, 0.2) is 6.61 Å². The van der Waals surface area contributed by atoms with Crippen LogP contribution in [0, 0.1) is 6.92 Å². The summed E-state index contributed by atoms with van der Waals surface area (Å²) in [4.78, 5) is 11.7. The summed E-state index contributed by atoms with van der Waals surface area (Å²) in [6.45, 7) is 1.86. The molecule has 0 saturated carbocycles. The largest absolute Gasteiger partial charge is 0.483 e. The normalized spacial score (nSPS) is 10.7. The van der Waals surface area contributed by atoms with E-state index in [-0.39, 0.29) is 12.5 Å². The summed E-state index contributed by atoms with van der Waals surface area (Å²) in [5, 5.41) is 4.48. The van der Waals surface area contributed by atoms with Crippen molar-refractivity contribution in [3.05, 3.63) is 63.1 Å². The van der Waals surface area contributed by atoms with Crippen molar-refractivity contribution in [1.29, 1.82) is 0 Å². The Kier molecular flexibility index (Phi) is 5.98. The molecule has 0 bridgehead atoms. The van der Waals surface area contributed by atoms with Crippen molar-refractivity contribution in [2.75, 3.05) is 6.61 Å². The van der Waals surface area contributed by atoms with E-state index in [9.17, 15) is 4.79 Å². The van der Waals surface area contributed by atoms with Gasteiger partial charge < -0.3 is 4.74 Å². The molecule has 0 aromatic heterocycles. The smallest absolute Gasteiger partial charge is 0.277 e. The van der Waals surface area contributed by atoms with E-state index >= 15 is 0 Å². The zero-order valence-electron chi connectivity index (χ0n) is 11.8. The minimum absolute atomic E-state index is 0.134. The SMILES string of the molecule is Cc1cccc(C=NNC(=O)COc2ccc(Cl)cc2Br)c1. The number of carbonyl (C=O) groups excluding carboxylic acids is 1. The predicted octanol–water partition coefficient (Wildman–Crippen LogP) is 3.94. The number of nitrogens with one attached hydrogen (secondary N) is 1. The molecule has 22 heavy (non-hydrogen) atoms. The number of hydrogen-bond acceptors (Lipinski definition) is 3.